The Morgan fingerprint density at radius 3 is 2.52 bits per heavy atom. The lowest BCUT2D eigenvalue weighted by Crippen LogP contribution is -2.54. The molecule has 1 unspecified atom stereocenters. The Bertz CT molecular complexity index is 880. The van der Waals surface area contributed by atoms with Crippen LogP contribution in [0.1, 0.15) is 49.6 Å². The number of hydrogen-bond acceptors (Lipinski definition) is 4. The van der Waals surface area contributed by atoms with Crippen LogP contribution in [0.25, 0.3) is 5.69 Å². The number of carbonyl (C=O) groups excluding carboxylic acids is 1. The number of hydrogen-bond donors (Lipinski definition) is 1. The summed E-state index contributed by atoms with van der Waals surface area (Å²) in [6, 6.07) is 10.0. The van der Waals surface area contributed by atoms with Crippen molar-refractivity contribution in [1.82, 2.24) is 14.7 Å². The topological polar surface area (TPSA) is 67.6 Å². The Kier molecular flexibility index (Phi) is 5.25. The summed E-state index contributed by atoms with van der Waals surface area (Å²) in [4.78, 5) is 15.0. The molecule has 1 spiro atoms. The van der Waals surface area contributed by atoms with Crippen molar-refractivity contribution < 1.29 is 14.6 Å². The van der Waals surface area contributed by atoms with Crippen molar-refractivity contribution in [2.24, 2.45) is 0 Å². The van der Waals surface area contributed by atoms with Gasteiger partial charge in [-0.2, -0.15) is 5.10 Å². The predicted molar refractivity (Wildman–Crippen MR) is 111 cm³/mol. The van der Waals surface area contributed by atoms with Crippen molar-refractivity contribution in [3.05, 3.63) is 47.3 Å². The standard InChI is InChI=1S/C23H31N3O3/c1-17-20(18(2)26(24-17)19-7-5-4-6-8-19)15-21(27)25-12-9-23(10-13-25)16-22(3,28)11-14-29-23/h4-8,28H,9-16H2,1-3H3. The first-order chi connectivity index (χ1) is 13.8. The molecule has 2 fully saturated rings. The minimum atomic E-state index is -0.662. The van der Waals surface area contributed by atoms with E-state index in [-0.39, 0.29) is 11.5 Å². The average Bonchev–Trinajstić information content (AvgIpc) is 2.96. The number of piperidine rings is 1. The molecule has 4 rings (SSSR count). The highest BCUT2D eigenvalue weighted by atomic mass is 16.5. The third kappa shape index (κ3) is 4.09. The van der Waals surface area contributed by atoms with E-state index in [0.717, 1.165) is 35.5 Å². The molecule has 1 amide bonds. The molecular formula is C23H31N3O3. The molecule has 1 aromatic heterocycles. The van der Waals surface area contributed by atoms with Gasteiger partial charge in [-0.1, -0.05) is 18.2 Å². The zero-order valence-electron chi connectivity index (χ0n) is 17.6. The molecule has 1 N–H and O–H groups in total. The van der Waals surface area contributed by atoms with E-state index in [2.05, 4.69) is 5.10 Å². The molecule has 1 aromatic carbocycles. The van der Waals surface area contributed by atoms with Gasteiger partial charge in [0.05, 0.1) is 35.6 Å². The van der Waals surface area contributed by atoms with Gasteiger partial charge in [-0.15, -0.1) is 0 Å². The van der Waals surface area contributed by atoms with E-state index in [1.54, 1.807) is 0 Å². The van der Waals surface area contributed by atoms with Gasteiger partial charge in [-0.25, -0.2) is 4.68 Å². The van der Waals surface area contributed by atoms with E-state index in [1.165, 1.54) is 0 Å². The van der Waals surface area contributed by atoms with Gasteiger partial charge in [0.2, 0.25) is 5.91 Å². The fourth-order valence-electron chi connectivity index (χ4n) is 4.82. The molecular weight excluding hydrogens is 366 g/mol. The first-order valence-corrected chi connectivity index (χ1v) is 10.5. The molecule has 0 aliphatic carbocycles. The number of carbonyl (C=O) groups is 1. The SMILES string of the molecule is Cc1nn(-c2ccccc2)c(C)c1CC(=O)N1CCC2(CC1)CC(C)(O)CCO2. The van der Waals surface area contributed by atoms with Crippen molar-refractivity contribution in [2.75, 3.05) is 19.7 Å². The Morgan fingerprint density at radius 1 is 1.17 bits per heavy atom. The largest absolute Gasteiger partial charge is 0.390 e. The fourth-order valence-corrected chi connectivity index (χ4v) is 4.82. The van der Waals surface area contributed by atoms with Crippen LogP contribution in [0.2, 0.25) is 0 Å². The minimum Gasteiger partial charge on any atom is -0.390 e. The average molecular weight is 398 g/mol. The predicted octanol–water partition coefficient (Wildman–Crippen LogP) is 2.95. The maximum Gasteiger partial charge on any atom is 0.227 e. The molecule has 2 saturated heterocycles. The molecule has 156 valence electrons. The summed E-state index contributed by atoms with van der Waals surface area (Å²) in [6.07, 6.45) is 3.29. The van der Waals surface area contributed by atoms with Crippen LogP contribution in [0.4, 0.5) is 0 Å². The Morgan fingerprint density at radius 2 is 1.86 bits per heavy atom. The fraction of sp³-hybridized carbons (Fsp3) is 0.565. The van der Waals surface area contributed by atoms with E-state index in [9.17, 15) is 9.90 Å². The number of likely N-dealkylation sites (tertiary alicyclic amines) is 1. The lowest BCUT2D eigenvalue weighted by molar-refractivity contribution is -0.175. The first kappa shape index (κ1) is 20.1. The third-order valence-corrected chi connectivity index (χ3v) is 6.55. The zero-order chi connectivity index (χ0) is 20.6. The number of rotatable bonds is 3. The number of aliphatic hydroxyl groups is 1. The van der Waals surface area contributed by atoms with Crippen LogP contribution in [0.5, 0.6) is 0 Å². The van der Waals surface area contributed by atoms with Gasteiger partial charge in [0.15, 0.2) is 0 Å². The summed E-state index contributed by atoms with van der Waals surface area (Å²) in [5.74, 6) is 0.140. The zero-order valence-corrected chi connectivity index (χ0v) is 17.6. The van der Waals surface area contributed by atoms with Gasteiger partial charge in [0.1, 0.15) is 0 Å². The number of ether oxygens (including phenoxy) is 1. The van der Waals surface area contributed by atoms with Crippen molar-refractivity contribution in [3.8, 4) is 5.69 Å². The summed E-state index contributed by atoms with van der Waals surface area (Å²) in [6.45, 7) is 7.85. The van der Waals surface area contributed by atoms with E-state index in [1.807, 2.05) is 60.7 Å². The molecule has 1 atom stereocenters. The molecule has 2 aromatic rings. The van der Waals surface area contributed by atoms with Crippen LogP contribution >= 0.6 is 0 Å². The number of aromatic nitrogens is 2. The first-order valence-electron chi connectivity index (χ1n) is 10.5. The summed E-state index contributed by atoms with van der Waals surface area (Å²) < 4.78 is 7.99. The molecule has 0 bridgehead atoms. The maximum atomic E-state index is 13.0. The van der Waals surface area contributed by atoms with E-state index < -0.39 is 5.60 Å². The maximum absolute atomic E-state index is 13.0. The normalized spacial score (nSPS) is 24.1. The quantitative estimate of drug-likeness (QED) is 0.865. The van der Waals surface area contributed by atoms with E-state index in [4.69, 9.17) is 4.74 Å². The highest BCUT2D eigenvalue weighted by Crippen LogP contribution is 2.39. The number of benzene rings is 1. The lowest BCUT2D eigenvalue weighted by Gasteiger charge is -2.48. The minimum absolute atomic E-state index is 0.140. The molecule has 2 aliphatic rings. The molecule has 6 heteroatoms. The van der Waals surface area contributed by atoms with Gasteiger partial charge < -0.3 is 14.7 Å². The van der Waals surface area contributed by atoms with Gasteiger partial charge in [0.25, 0.3) is 0 Å². The molecule has 0 saturated carbocycles. The summed E-state index contributed by atoms with van der Waals surface area (Å²) in [5.41, 5.74) is 3.00. The van der Waals surface area contributed by atoms with Crippen LogP contribution < -0.4 is 0 Å². The summed E-state index contributed by atoms with van der Waals surface area (Å²) in [7, 11) is 0. The number of nitrogens with zero attached hydrogens (tertiary/aromatic N) is 3. The second kappa shape index (κ2) is 7.58. The third-order valence-electron chi connectivity index (χ3n) is 6.55. The Labute approximate surface area is 172 Å². The van der Waals surface area contributed by atoms with Crippen molar-refractivity contribution in [2.45, 2.75) is 64.1 Å². The molecule has 3 heterocycles. The van der Waals surface area contributed by atoms with Crippen LogP contribution in [-0.2, 0) is 16.0 Å². The molecule has 6 nitrogen and oxygen atoms in total. The number of aryl methyl sites for hydroxylation is 1. The number of para-hydroxylation sites is 1. The number of amides is 1. The smallest absolute Gasteiger partial charge is 0.227 e. The molecule has 29 heavy (non-hydrogen) atoms. The Balaban J connectivity index is 1.43. The second-order valence-corrected chi connectivity index (χ2v) is 8.91. The lowest BCUT2D eigenvalue weighted by atomic mass is 9.78. The van der Waals surface area contributed by atoms with Crippen LogP contribution in [0.3, 0.4) is 0 Å². The van der Waals surface area contributed by atoms with Crippen molar-refractivity contribution in [1.29, 1.82) is 0 Å². The van der Waals surface area contributed by atoms with E-state index >= 15 is 0 Å². The van der Waals surface area contributed by atoms with Crippen LogP contribution in [0.15, 0.2) is 30.3 Å². The Hall–Kier alpha value is -2.18. The van der Waals surface area contributed by atoms with Crippen LogP contribution in [0, 0.1) is 13.8 Å². The highest BCUT2D eigenvalue weighted by Gasteiger charge is 2.44. The van der Waals surface area contributed by atoms with Crippen molar-refractivity contribution in [3.63, 3.8) is 0 Å². The monoisotopic (exact) mass is 397 g/mol. The highest BCUT2D eigenvalue weighted by molar-refractivity contribution is 5.79. The summed E-state index contributed by atoms with van der Waals surface area (Å²) >= 11 is 0. The molecule has 0 radical (unpaired) electrons. The second-order valence-electron chi connectivity index (χ2n) is 8.91. The van der Waals surface area contributed by atoms with Crippen LogP contribution in [-0.4, -0.2) is 56.6 Å². The van der Waals surface area contributed by atoms with E-state index in [0.29, 0.717) is 39.0 Å². The molecule has 2 aliphatic heterocycles. The van der Waals surface area contributed by atoms with Gasteiger partial charge >= 0.3 is 0 Å². The van der Waals surface area contributed by atoms with Gasteiger partial charge in [-0.3, -0.25) is 4.79 Å². The summed E-state index contributed by atoms with van der Waals surface area (Å²) in [5, 5.41) is 15.1. The van der Waals surface area contributed by atoms with Gasteiger partial charge in [0, 0.05) is 30.8 Å². The van der Waals surface area contributed by atoms with Gasteiger partial charge in [-0.05, 0) is 52.2 Å². The van der Waals surface area contributed by atoms with Crippen molar-refractivity contribution >= 4 is 5.91 Å².